The van der Waals surface area contributed by atoms with Gasteiger partial charge in [-0.15, -0.1) is 0 Å². The van der Waals surface area contributed by atoms with E-state index < -0.39 is 10.7 Å². The van der Waals surface area contributed by atoms with E-state index in [1.807, 2.05) is 0 Å². The number of benzene rings is 2. The van der Waals surface area contributed by atoms with Gasteiger partial charge < -0.3 is 14.8 Å². The number of nitrogens with zero attached hydrogens (tertiary/aromatic N) is 3. The smallest absolute Gasteiger partial charge is 0.311 e. The van der Waals surface area contributed by atoms with E-state index in [2.05, 4.69) is 31.2 Å². The van der Waals surface area contributed by atoms with E-state index in [9.17, 15) is 14.5 Å². The van der Waals surface area contributed by atoms with Gasteiger partial charge in [0.1, 0.15) is 24.6 Å². The number of methoxy groups -OCH3 is 1. The fourth-order valence-corrected chi connectivity index (χ4v) is 2.72. The zero-order valence-electron chi connectivity index (χ0n) is 14.1. The average Bonchev–Trinajstić information content (AvgIpc) is 2.63. The molecule has 0 radical (unpaired) electrons. The summed E-state index contributed by atoms with van der Waals surface area (Å²) < 4.78 is 25.0. The number of ether oxygens (including phenoxy) is 2. The van der Waals surface area contributed by atoms with Crippen molar-refractivity contribution in [2.24, 2.45) is 0 Å². The Balaban J connectivity index is 2.04. The van der Waals surface area contributed by atoms with E-state index in [1.54, 1.807) is 6.07 Å². The van der Waals surface area contributed by atoms with Gasteiger partial charge >= 0.3 is 5.69 Å². The van der Waals surface area contributed by atoms with Crippen LogP contribution < -0.4 is 10.1 Å². The van der Waals surface area contributed by atoms with Gasteiger partial charge in [-0.2, -0.15) is 0 Å². The van der Waals surface area contributed by atoms with Crippen LogP contribution in [-0.4, -0.2) is 35.2 Å². The summed E-state index contributed by atoms with van der Waals surface area (Å²) in [7, 11) is 1.50. The molecule has 0 fully saturated rings. The Morgan fingerprint density at radius 1 is 1.26 bits per heavy atom. The molecule has 1 aromatic heterocycles. The number of anilines is 2. The first kappa shape index (κ1) is 18.9. The van der Waals surface area contributed by atoms with Gasteiger partial charge in [0.15, 0.2) is 5.75 Å². The molecule has 0 saturated carbocycles. The fraction of sp³-hybridized carbons (Fsp3) is 0.176. The van der Waals surface area contributed by atoms with Crippen LogP contribution in [0, 0.1) is 15.9 Å². The highest BCUT2D eigenvalue weighted by Gasteiger charge is 2.19. The second kappa shape index (κ2) is 8.23. The summed E-state index contributed by atoms with van der Waals surface area (Å²) >= 11 is 3.19. The molecule has 0 aliphatic carbocycles. The maximum absolute atomic E-state index is 14.1. The summed E-state index contributed by atoms with van der Waals surface area (Å²) in [6, 6.07) is 7.25. The predicted molar refractivity (Wildman–Crippen MR) is 101 cm³/mol. The van der Waals surface area contributed by atoms with Gasteiger partial charge in [0.25, 0.3) is 0 Å². The molecule has 0 bridgehead atoms. The SMILES string of the molecule is COCCOc1cc2ncnc(Nc3ccc(Br)cc3F)c2cc1[N+](=O)[O-]. The van der Waals surface area contributed by atoms with Crippen molar-refractivity contribution in [1.29, 1.82) is 0 Å². The van der Waals surface area contributed by atoms with Crippen LogP contribution in [-0.2, 0) is 4.74 Å². The largest absolute Gasteiger partial charge is 0.484 e. The summed E-state index contributed by atoms with van der Waals surface area (Å²) in [5.74, 6) is -0.179. The minimum Gasteiger partial charge on any atom is -0.484 e. The molecule has 3 rings (SSSR count). The lowest BCUT2D eigenvalue weighted by Gasteiger charge is -2.11. The van der Waals surface area contributed by atoms with Gasteiger partial charge in [-0.3, -0.25) is 10.1 Å². The molecule has 8 nitrogen and oxygen atoms in total. The maximum atomic E-state index is 14.1. The second-order valence-corrected chi connectivity index (χ2v) is 6.32. The Morgan fingerprint density at radius 3 is 2.78 bits per heavy atom. The molecule has 0 amide bonds. The molecule has 0 saturated heterocycles. The second-order valence-electron chi connectivity index (χ2n) is 5.41. The van der Waals surface area contributed by atoms with Crippen molar-refractivity contribution in [3.63, 3.8) is 0 Å². The number of rotatable bonds is 7. The van der Waals surface area contributed by atoms with Gasteiger partial charge in [-0.25, -0.2) is 14.4 Å². The number of nitro benzene ring substituents is 1. The lowest BCUT2D eigenvalue weighted by Crippen LogP contribution is -2.06. The Morgan fingerprint density at radius 2 is 2.07 bits per heavy atom. The van der Waals surface area contributed by atoms with Gasteiger partial charge in [-0.05, 0) is 18.2 Å². The molecule has 0 atom stereocenters. The Labute approximate surface area is 161 Å². The van der Waals surface area contributed by atoms with Crippen LogP contribution in [0.3, 0.4) is 0 Å². The highest BCUT2D eigenvalue weighted by molar-refractivity contribution is 9.10. The number of fused-ring (bicyclic) bond motifs is 1. The van der Waals surface area contributed by atoms with Crippen LogP contribution >= 0.6 is 15.9 Å². The van der Waals surface area contributed by atoms with Crippen molar-refractivity contribution in [2.75, 3.05) is 25.6 Å². The van der Waals surface area contributed by atoms with Crippen LogP contribution in [0.25, 0.3) is 10.9 Å². The molecule has 0 aliphatic heterocycles. The number of aromatic nitrogens is 2. The standard InChI is InChI=1S/C17H14BrFN4O4/c1-26-4-5-27-16-8-14-11(7-15(16)23(24)25)17(21-9-20-14)22-13-3-2-10(18)6-12(13)19/h2-3,6-9H,4-5H2,1H3,(H,20,21,22). The molecule has 27 heavy (non-hydrogen) atoms. The van der Waals surface area contributed by atoms with Crippen molar-refractivity contribution in [3.05, 3.63) is 57.1 Å². The molecule has 1 N–H and O–H groups in total. The quantitative estimate of drug-likeness (QED) is 0.336. The number of hydrogen-bond acceptors (Lipinski definition) is 7. The van der Waals surface area contributed by atoms with Crippen LogP contribution in [0.5, 0.6) is 5.75 Å². The molecule has 0 unspecified atom stereocenters. The van der Waals surface area contributed by atoms with E-state index in [4.69, 9.17) is 9.47 Å². The third-order valence-corrected chi connectivity index (χ3v) is 4.14. The number of halogens is 2. The third kappa shape index (κ3) is 4.29. The van der Waals surface area contributed by atoms with Crippen LogP contribution in [0.2, 0.25) is 0 Å². The summed E-state index contributed by atoms with van der Waals surface area (Å²) in [5.41, 5.74) is 0.358. The highest BCUT2D eigenvalue weighted by atomic mass is 79.9. The highest BCUT2D eigenvalue weighted by Crippen LogP contribution is 2.35. The van der Waals surface area contributed by atoms with E-state index >= 15 is 0 Å². The Kier molecular flexibility index (Phi) is 5.77. The predicted octanol–water partition coefficient (Wildman–Crippen LogP) is 4.21. The summed E-state index contributed by atoms with van der Waals surface area (Å²) in [4.78, 5) is 19.1. The van der Waals surface area contributed by atoms with E-state index in [1.165, 1.54) is 37.7 Å². The van der Waals surface area contributed by atoms with Gasteiger partial charge in [0, 0.05) is 23.7 Å². The topological polar surface area (TPSA) is 99.4 Å². The summed E-state index contributed by atoms with van der Waals surface area (Å²) in [6.45, 7) is 0.442. The van der Waals surface area contributed by atoms with E-state index in [0.29, 0.717) is 15.4 Å². The molecule has 0 spiro atoms. The number of nitro groups is 1. The maximum Gasteiger partial charge on any atom is 0.311 e. The summed E-state index contributed by atoms with van der Waals surface area (Å²) in [6.07, 6.45) is 1.28. The fourth-order valence-electron chi connectivity index (χ4n) is 2.38. The normalized spacial score (nSPS) is 10.8. The lowest BCUT2D eigenvalue weighted by molar-refractivity contribution is -0.385. The van der Waals surface area contributed by atoms with Crippen LogP contribution in [0.1, 0.15) is 0 Å². The van der Waals surface area contributed by atoms with E-state index in [-0.39, 0.29) is 36.2 Å². The van der Waals surface area contributed by atoms with Crippen molar-refractivity contribution in [3.8, 4) is 5.75 Å². The molecule has 0 aliphatic rings. The third-order valence-electron chi connectivity index (χ3n) is 3.64. The van der Waals surface area contributed by atoms with Gasteiger partial charge in [-0.1, -0.05) is 15.9 Å². The Hall–Kier alpha value is -2.85. The first-order valence-corrected chi connectivity index (χ1v) is 8.56. The Bertz CT molecular complexity index is 1000. The molecular formula is C17H14BrFN4O4. The zero-order valence-corrected chi connectivity index (χ0v) is 15.7. The van der Waals surface area contributed by atoms with Crippen molar-refractivity contribution >= 4 is 44.0 Å². The first-order valence-electron chi connectivity index (χ1n) is 7.76. The molecule has 10 heteroatoms. The van der Waals surface area contributed by atoms with Crippen LogP contribution in [0.15, 0.2) is 41.1 Å². The van der Waals surface area contributed by atoms with Crippen molar-refractivity contribution in [2.45, 2.75) is 0 Å². The molecular weight excluding hydrogens is 423 g/mol. The molecule has 140 valence electrons. The molecule has 2 aromatic carbocycles. The van der Waals surface area contributed by atoms with E-state index in [0.717, 1.165) is 0 Å². The zero-order chi connectivity index (χ0) is 19.4. The number of hydrogen-bond donors (Lipinski definition) is 1. The van der Waals surface area contributed by atoms with Gasteiger partial charge in [0.05, 0.1) is 28.1 Å². The lowest BCUT2D eigenvalue weighted by atomic mass is 10.2. The molecule has 1 heterocycles. The minimum atomic E-state index is -0.557. The minimum absolute atomic E-state index is 0.0732. The first-order chi connectivity index (χ1) is 13.0. The van der Waals surface area contributed by atoms with Crippen LogP contribution in [0.4, 0.5) is 21.6 Å². The molecule has 3 aromatic rings. The average molecular weight is 437 g/mol. The van der Waals surface area contributed by atoms with Crippen molar-refractivity contribution < 1.29 is 18.8 Å². The van der Waals surface area contributed by atoms with Gasteiger partial charge in [0.2, 0.25) is 0 Å². The number of nitrogens with one attached hydrogen (secondary N) is 1. The monoisotopic (exact) mass is 436 g/mol. The van der Waals surface area contributed by atoms with Crippen molar-refractivity contribution in [1.82, 2.24) is 9.97 Å². The summed E-state index contributed by atoms with van der Waals surface area (Å²) in [5, 5.41) is 14.6.